The van der Waals surface area contributed by atoms with Crippen molar-refractivity contribution < 1.29 is 13.9 Å². The van der Waals surface area contributed by atoms with Crippen molar-refractivity contribution in [3.05, 3.63) is 23.2 Å². The molecule has 1 saturated heterocycles. The highest BCUT2D eigenvalue weighted by Gasteiger charge is 2.18. The molecule has 1 aromatic heterocycles. The Morgan fingerprint density at radius 1 is 1.55 bits per heavy atom. The van der Waals surface area contributed by atoms with E-state index >= 15 is 0 Å². The molecule has 1 fully saturated rings. The smallest absolute Gasteiger partial charge is 0.300 e. The lowest BCUT2D eigenvalue weighted by Crippen LogP contribution is -2.33. The van der Waals surface area contributed by atoms with Crippen LogP contribution in [0.2, 0.25) is 0 Å². The van der Waals surface area contributed by atoms with Crippen LogP contribution < -0.4 is 11.3 Å². The molecule has 1 aromatic rings. The summed E-state index contributed by atoms with van der Waals surface area (Å²) in [5.74, 6) is 5.70. The van der Waals surface area contributed by atoms with Gasteiger partial charge in [-0.15, -0.1) is 0 Å². The molecule has 1 aliphatic heterocycles. The quantitative estimate of drug-likeness (QED) is 0.481. The molecule has 1 atom stereocenters. The largest absolute Gasteiger partial charge is 0.456 e. The monoisotopic (exact) mass is 281 g/mol. The van der Waals surface area contributed by atoms with Gasteiger partial charge in [0.25, 0.3) is 0 Å². The Hall–Kier alpha value is -1.37. The van der Waals surface area contributed by atoms with Gasteiger partial charge in [-0.1, -0.05) is 0 Å². The molecule has 112 valence electrons. The molecule has 1 unspecified atom stereocenters. The average Bonchev–Trinajstić information content (AvgIpc) is 2.80. The number of furan rings is 1. The summed E-state index contributed by atoms with van der Waals surface area (Å²) in [6, 6.07) is 1.75. The molecular formula is C14H23N3O3. The summed E-state index contributed by atoms with van der Waals surface area (Å²) in [5, 5.41) is 0. The van der Waals surface area contributed by atoms with Crippen molar-refractivity contribution in [1.82, 2.24) is 10.3 Å². The van der Waals surface area contributed by atoms with Gasteiger partial charge in [-0.2, -0.15) is 0 Å². The third kappa shape index (κ3) is 3.82. The van der Waals surface area contributed by atoms with Crippen molar-refractivity contribution in [3.8, 4) is 0 Å². The maximum Gasteiger partial charge on any atom is 0.300 e. The first kappa shape index (κ1) is 15.0. The summed E-state index contributed by atoms with van der Waals surface area (Å²) in [6.07, 6.45) is 3.84. The number of likely N-dealkylation sites (N-methyl/N-ethyl adjacent to an activating group) is 1. The van der Waals surface area contributed by atoms with Crippen molar-refractivity contribution in [2.24, 2.45) is 5.84 Å². The molecule has 6 heteroatoms. The van der Waals surface area contributed by atoms with Crippen LogP contribution in [0.25, 0.3) is 0 Å². The van der Waals surface area contributed by atoms with E-state index in [1.165, 1.54) is 12.8 Å². The first-order chi connectivity index (χ1) is 9.60. The Balaban J connectivity index is 1.91. The Morgan fingerprint density at radius 3 is 3.00 bits per heavy atom. The molecule has 1 amide bonds. The highest BCUT2D eigenvalue weighted by Crippen LogP contribution is 2.18. The van der Waals surface area contributed by atoms with E-state index in [0.717, 1.165) is 37.4 Å². The van der Waals surface area contributed by atoms with Crippen LogP contribution in [-0.2, 0) is 11.3 Å². The van der Waals surface area contributed by atoms with E-state index in [1.807, 2.05) is 14.0 Å². The summed E-state index contributed by atoms with van der Waals surface area (Å²) in [7, 11) is 2.05. The van der Waals surface area contributed by atoms with Crippen molar-refractivity contribution in [1.29, 1.82) is 0 Å². The van der Waals surface area contributed by atoms with Crippen LogP contribution in [-0.4, -0.2) is 37.1 Å². The summed E-state index contributed by atoms with van der Waals surface area (Å²) >= 11 is 0. The highest BCUT2D eigenvalue weighted by molar-refractivity contribution is 5.91. The molecule has 3 N–H and O–H groups in total. The van der Waals surface area contributed by atoms with Gasteiger partial charge in [0.1, 0.15) is 5.76 Å². The average molecular weight is 281 g/mol. The van der Waals surface area contributed by atoms with E-state index in [1.54, 1.807) is 6.07 Å². The molecule has 0 radical (unpaired) electrons. The molecule has 1 aliphatic rings. The number of nitrogens with zero attached hydrogens (tertiary/aromatic N) is 1. The fourth-order valence-electron chi connectivity index (χ4n) is 2.51. The SMILES string of the molecule is Cc1oc(C(=O)NN)cc1CN(C)CC1CCCCO1. The molecule has 0 bridgehead atoms. The summed E-state index contributed by atoms with van der Waals surface area (Å²) in [5.41, 5.74) is 3.08. The molecule has 2 heterocycles. The number of rotatable bonds is 5. The van der Waals surface area contributed by atoms with Crippen molar-refractivity contribution in [2.75, 3.05) is 20.2 Å². The van der Waals surface area contributed by atoms with E-state index < -0.39 is 5.91 Å². The molecular weight excluding hydrogens is 258 g/mol. The number of nitrogens with two attached hydrogens (primary N) is 1. The van der Waals surface area contributed by atoms with Gasteiger partial charge in [-0.05, 0) is 39.3 Å². The second kappa shape index (κ2) is 6.88. The molecule has 20 heavy (non-hydrogen) atoms. The summed E-state index contributed by atoms with van der Waals surface area (Å²) in [6.45, 7) is 4.34. The molecule has 0 saturated carbocycles. The van der Waals surface area contributed by atoms with Crippen molar-refractivity contribution in [3.63, 3.8) is 0 Å². The second-order valence-electron chi connectivity index (χ2n) is 5.35. The fourth-order valence-corrected chi connectivity index (χ4v) is 2.51. The lowest BCUT2D eigenvalue weighted by atomic mass is 10.1. The normalized spacial score (nSPS) is 19.3. The van der Waals surface area contributed by atoms with Gasteiger partial charge in [0.15, 0.2) is 5.76 Å². The van der Waals surface area contributed by atoms with Crippen molar-refractivity contribution >= 4 is 5.91 Å². The molecule has 0 aliphatic carbocycles. The number of amides is 1. The van der Waals surface area contributed by atoms with Gasteiger partial charge in [-0.25, -0.2) is 5.84 Å². The highest BCUT2D eigenvalue weighted by atomic mass is 16.5. The van der Waals surface area contributed by atoms with Crippen LogP contribution >= 0.6 is 0 Å². The first-order valence-corrected chi connectivity index (χ1v) is 7.00. The number of carbonyl (C=O) groups excluding carboxylic acids is 1. The van der Waals surface area contributed by atoms with Crippen LogP contribution in [0.3, 0.4) is 0 Å². The minimum Gasteiger partial charge on any atom is -0.456 e. The van der Waals surface area contributed by atoms with E-state index in [4.69, 9.17) is 15.0 Å². The van der Waals surface area contributed by atoms with Crippen LogP contribution in [0, 0.1) is 6.92 Å². The van der Waals surface area contributed by atoms with Crippen LogP contribution in [0.15, 0.2) is 10.5 Å². The topological polar surface area (TPSA) is 80.7 Å². The number of nitrogen functional groups attached to an aromatic ring is 1. The number of nitrogens with one attached hydrogen (secondary N) is 1. The summed E-state index contributed by atoms with van der Waals surface area (Å²) in [4.78, 5) is 13.6. The van der Waals surface area contributed by atoms with Gasteiger partial charge in [0.05, 0.1) is 6.10 Å². The maximum absolute atomic E-state index is 11.4. The van der Waals surface area contributed by atoms with Gasteiger partial charge >= 0.3 is 5.91 Å². The third-order valence-corrected chi connectivity index (χ3v) is 3.61. The minimum atomic E-state index is -0.405. The lowest BCUT2D eigenvalue weighted by molar-refractivity contribution is -0.00264. The molecule has 0 spiro atoms. The zero-order valence-corrected chi connectivity index (χ0v) is 12.1. The van der Waals surface area contributed by atoms with Gasteiger partial charge < -0.3 is 9.15 Å². The van der Waals surface area contributed by atoms with E-state index in [0.29, 0.717) is 6.10 Å². The van der Waals surface area contributed by atoms with E-state index in [-0.39, 0.29) is 5.76 Å². The number of ether oxygens (including phenoxy) is 1. The zero-order valence-electron chi connectivity index (χ0n) is 12.1. The van der Waals surface area contributed by atoms with E-state index in [9.17, 15) is 4.79 Å². The number of hydrazine groups is 1. The standard InChI is InChI=1S/C14H23N3O3/c1-10-11(7-13(20-10)14(18)16-15)8-17(2)9-12-5-3-4-6-19-12/h7,12H,3-6,8-9,15H2,1-2H3,(H,16,18). The lowest BCUT2D eigenvalue weighted by Gasteiger charge is -2.27. The van der Waals surface area contributed by atoms with Gasteiger partial charge in [0.2, 0.25) is 0 Å². The molecule has 0 aromatic carbocycles. The molecule has 2 rings (SSSR count). The van der Waals surface area contributed by atoms with Crippen molar-refractivity contribution in [2.45, 2.75) is 38.8 Å². The Labute approximate surface area is 119 Å². The summed E-state index contributed by atoms with van der Waals surface area (Å²) < 4.78 is 11.1. The Morgan fingerprint density at radius 2 is 2.35 bits per heavy atom. The Kier molecular flexibility index (Phi) is 5.17. The number of aryl methyl sites for hydroxylation is 1. The first-order valence-electron chi connectivity index (χ1n) is 7.00. The third-order valence-electron chi connectivity index (χ3n) is 3.61. The second-order valence-corrected chi connectivity index (χ2v) is 5.35. The minimum absolute atomic E-state index is 0.252. The number of hydrogen-bond acceptors (Lipinski definition) is 5. The predicted octanol–water partition coefficient (Wildman–Crippen LogP) is 1.19. The zero-order chi connectivity index (χ0) is 14.5. The van der Waals surface area contributed by atoms with E-state index in [2.05, 4.69) is 10.3 Å². The maximum atomic E-state index is 11.4. The van der Waals surface area contributed by atoms with Gasteiger partial charge in [0, 0.05) is 25.3 Å². The van der Waals surface area contributed by atoms with Crippen LogP contribution in [0.4, 0.5) is 0 Å². The Bertz CT molecular complexity index is 453. The molecule has 6 nitrogen and oxygen atoms in total. The van der Waals surface area contributed by atoms with Crippen LogP contribution in [0.5, 0.6) is 0 Å². The number of carbonyl (C=O) groups is 1. The van der Waals surface area contributed by atoms with Gasteiger partial charge in [-0.3, -0.25) is 15.1 Å². The number of hydrogen-bond donors (Lipinski definition) is 2. The fraction of sp³-hybridized carbons (Fsp3) is 0.643. The van der Waals surface area contributed by atoms with Crippen LogP contribution in [0.1, 0.15) is 41.1 Å². The predicted molar refractivity (Wildman–Crippen MR) is 75.0 cm³/mol.